The summed E-state index contributed by atoms with van der Waals surface area (Å²) in [7, 11) is 3.08. The quantitative estimate of drug-likeness (QED) is 0.468. The van der Waals surface area contributed by atoms with Crippen LogP contribution in [0.2, 0.25) is 5.02 Å². The number of ether oxygens (including phenoxy) is 1. The van der Waals surface area contributed by atoms with E-state index in [0.29, 0.717) is 28.6 Å². The van der Waals surface area contributed by atoms with Crippen molar-refractivity contribution in [2.75, 3.05) is 12.4 Å². The number of hydrogen-bond acceptors (Lipinski definition) is 6. The third kappa shape index (κ3) is 3.89. The number of carbonyl (C=O) groups is 1. The van der Waals surface area contributed by atoms with Crippen molar-refractivity contribution in [2.24, 2.45) is 7.05 Å². The molecule has 1 fully saturated rings. The van der Waals surface area contributed by atoms with Gasteiger partial charge in [-0.25, -0.2) is 19.6 Å². The molecule has 1 aromatic carbocycles. The second-order valence-electron chi connectivity index (χ2n) is 8.20. The molecule has 0 bridgehead atoms. The molecule has 0 unspecified atom stereocenters. The van der Waals surface area contributed by atoms with Crippen LogP contribution in [-0.4, -0.2) is 38.3 Å². The maximum absolute atomic E-state index is 13.1. The summed E-state index contributed by atoms with van der Waals surface area (Å²) >= 11 is 6.30. The zero-order valence-corrected chi connectivity index (χ0v) is 19.0. The molecule has 1 amide bonds. The van der Waals surface area contributed by atoms with Crippen LogP contribution >= 0.6 is 11.6 Å². The average Bonchev–Trinajstić information content (AvgIpc) is 3.36. The summed E-state index contributed by atoms with van der Waals surface area (Å²) in [6.07, 6.45) is 3.45. The Morgan fingerprint density at radius 1 is 1.18 bits per heavy atom. The molecule has 4 aromatic rings. The molecule has 3 heterocycles. The summed E-state index contributed by atoms with van der Waals surface area (Å²) in [6, 6.07) is 11.2. The molecule has 3 aromatic heterocycles. The summed E-state index contributed by atoms with van der Waals surface area (Å²) in [6.45, 7) is 0. The summed E-state index contributed by atoms with van der Waals surface area (Å²) < 4.78 is 8.10. The number of hydrogen-bond donors (Lipinski definition) is 2. The first kappa shape index (κ1) is 21.3. The highest BCUT2D eigenvalue weighted by atomic mass is 35.5. The van der Waals surface area contributed by atoms with E-state index in [2.05, 4.69) is 20.6 Å². The Morgan fingerprint density at radius 2 is 2.03 bits per heavy atom. The number of methoxy groups -OCH3 is 1. The first-order chi connectivity index (χ1) is 15.9. The number of nitrogens with one attached hydrogen (secondary N) is 2. The van der Waals surface area contributed by atoms with Gasteiger partial charge in [0.1, 0.15) is 11.6 Å². The average molecular weight is 467 g/mol. The lowest BCUT2D eigenvalue weighted by atomic mass is 10.2. The van der Waals surface area contributed by atoms with E-state index in [1.54, 1.807) is 28.4 Å². The SMILES string of the molecule is COC(=O)N[C@H]1CC[C@H](n2c(=O)n(C)c3cnc(Nc4ccc5cccc(Cl)c5n4)cc32)C1. The fourth-order valence-corrected chi connectivity index (χ4v) is 4.76. The number of nitrogens with zero attached hydrogens (tertiary/aromatic N) is 4. The van der Waals surface area contributed by atoms with E-state index in [1.807, 2.05) is 30.3 Å². The highest BCUT2D eigenvalue weighted by molar-refractivity contribution is 6.35. The van der Waals surface area contributed by atoms with Crippen LogP contribution in [0.4, 0.5) is 16.4 Å². The molecule has 0 saturated heterocycles. The van der Waals surface area contributed by atoms with Crippen LogP contribution in [0.25, 0.3) is 21.9 Å². The Morgan fingerprint density at radius 3 is 2.85 bits per heavy atom. The molecule has 0 spiro atoms. The number of aromatic nitrogens is 4. The van der Waals surface area contributed by atoms with E-state index in [0.717, 1.165) is 29.3 Å². The maximum atomic E-state index is 13.1. The van der Waals surface area contributed by atoms with Crippen LogP contribution in [0.1, 0.15) is 25.3 Å². The molecule has 1 saturated carbocycles. The normalized spacial score (nSPS) is 18.0. The molecule has 170 valence electrons. The van der Waals surface area contributed by atoms with Gasteiger partial charge in [-0.3, -0.25) is 9.13 Å². The van der Waals surface area contributed by atoms with Crippen molar-refractivity contribution >= 4 is 51.3 Å². The van der Waals surface area contributed by atoms with Crippen LogP contribution in [0.5, 0.6) is 0 Å². The van der Waals surface area contributed by atoms with E-state index < -0.39 is 6.09 Å². The molecule has 1 aliphatic carbocycles. The molecule has 9 nitrogen and oxygen atoms in total. The van der Waals surface area contributed by atoms with Gasteiger partial charge in [-0.15, -0.1) is 0 Å². The van der Waals surface area contributed by atoms with Crippen molar-refractivity contribution in [3.8, 4) is 0 Å². The molecule has 0 radical (unpaired) electrons. The molecular weight excluding hydrogens is 444 g/mol. The minimum Gasteiger partial charge on any atom is -0.453 e. The van der Waals surface area contributed by atoms with E-state index in [1.165, 1.54) is 7.11 Å². The second kappa shape index (κ2) is 8.40. The Bertz CT molecular complexity index is 1430. The zero-order valence-electron chi connectivity index (χ0n) is 18.2. The molecule has 1 aliphatic rings. The first-order valence-corrected chi connectivity index (χ1v) is 11.1. The lowest BCUT2D eigenvalue weighted by Gasteiger charge is -2.14. The Labute approximate surface area is 194 Å². The monoisotopic (exact) mass is 466 g/mol. The molecule has 10 heteroatoms. The van der Waals surface area contributed by atoms with Gasteiger partial charge in [-0.1, -0.05) is 23.7 Å². The molecule has 2 atom stereocenters. The highest BCUT2D eigenvalue weighted by Crippen LogP contribution is 2.32. The van der Waals surface area contributed by atoms with Crippen molar-refractivity contribution in [1.82, 2.24) is 24.4 Å². The molecule has 33 heavy (non-hydrogen) atoms. The summed E-state index contributed by atoms with van der Waals surface area (Å²) in [5, 5.41) is 7.59. The second-order valence-corrected chi connectivity index (χ2v) is 8.61. The lowest BCUT2D eigenvalue weighted by Crippen LogP contribution is -2.33. The molecule has 0 aliphatic heterocycles. The van der Waals surface area contributed by atoms with Gasteiger partial charge in [0.25, 0.3) is 0 Å². The number of aryl methyl sites for hydroxylation is 1. The van der Waals surface area contributed by atoms with Crippen molar-refractivity contribution in [1.29, 1.82) is 0 Å². The Hall–Kier alpha value is -3.59. The largest absolute Gasteiger partial charge is 0.453 e. The fraction of sp³-hybridized carbons (Fsp3) is 0.304. The summed E-state index contributed by atoms with van der Waals surface area (Å²) in [5.41, 5.74) is 2.12. The molecule has 2 N–H and O–H groups in total. The van der Waals surface area contributed by atoms with Gasteiger partial charge in [-0.05, 0) is 37.5 Å². The number of imidazole rings is 1. The number of carbonyl (C=O) groups excluding carboxylic acids is 1. The number of benzene rings is 1. The highest BCUT2D eigenvalue weighted by Gasteiger charge is 2.30. The van der Waals surface area contributed by atoms with Gasteiger partial charge in [0.2, 0.25) is 0 Å². The van der Waals surface area contributed by atoms with Crippen molar-refractivity contribution in [2.45, 2.75) is 31.3 Å². The van der Waals surface area contributed by atoms with E-state index in [-0.39, 0.29) is 17.8 Å². The van der Waals surface area contributed by atoms with Crippen LogP contribution in [0.3, 0.4) is 0 Å². The van der Waals surface area contributed by atoms with Crippen LogP contribution in [-0.2, 0) is 11.8 Å². The van der Waals surface area contributed by atoms with Gasteiger partial charge in [-0.2, -0.15) is 0 Å². The third-order valence-corrected chi connectivity index (χ3v) is 6.49. The number of anilines is 2. The Kier molecular flexibility index (Phi) is 5.41. The van der Waals surface area contributed by atoms with Crippen LogP contribution in [0.15, 0.2) is 47.4 Å². The van der Waals surface area contributed by atoms with E-state index in [9.17, 15) is 9.59 Å². The topological polar surface area (TPSA) is 103 Å². The number of alkyl carbamates (subject to hydrolysis) is 1. The van der Waals surface area contributed by atoms with Gasteiger partial charge in [0, 0.05) is 30.6 Å². The fourth-order valence-electron chi connectivity index (χ4n) is 4.54. The Balaban J connectivity index is 1.47. The van der Waals surface area contributed by atoms with Gasteiger partial charge >= 0.3 is 11.8 Å². The predicted molar refractivity (Wildman–Crippen MR) is 127 cm³/mol. The van der Waals surface area contributed by atoms with Gasteiger partial charge < -0.3 is 15.4 Å². The zero-order chi connectivity index (χ0) is 23.1. The number of fused-ring (bicyclic) bond motifs is 2. The summed E-state index contributed by atoms with van der Waals surface area (Å²) in [5.74, 6) is 1.18. The predicted octanol–water partition coefficient (Wildman–Crippen LogP) is 4.13. The van der Waals surface area contributed by atoms with Crippen molar-refractivity contribution in [3.05, 3.63) is 58.1 Å². The van der Waals surface area contributed by atoms with Crippen molar-refractivity contribution < 1.29 is 9.53 Å². The number of para-hydroxylation sites is 1. The molecular formula is C23H23ClN6O3. The minimum atomic E-state index is -0.454. The number of pyridine rings is 2. The summed E-state index contributed by atoms with van der Waals surface area (Å²) in [4.78, 5) is 33.7. The smallest absolute Gasteiger partial charge is 0.407 e. The molecule has 5 rings (SSSR count). The lowest BCUT2D eigenvalue weighted by molar-refractivity contribution is 0.166. The third-order valence-electron chi connectivity index (χ3n) is 6.18. The number of amides is 1. The van der Waals surface area contributed by atoms with Crippen molar-refractivity contribution in [3.63, 3.8) is 0 Å². The van der Waals surface area contributed by atoms with Gasteiger partial charge in [0.05, 0.1) is 34.9 Å². The minimum absolute atomic E-state index is 0.0313. The van der Waals surface area contributed by atoms with Gasteiger partial charge in [0.15, 0.2) is 0 Å². The number of halogens is 1. The first-order valence-electron chi connectivity index (χ1n) is 10.7. The van der Waals surface area contributed by atoms with Crippen LogP contribution in [0, 0.1) is 0 Å². The standard InChI is InChI=1S/C23H23ClN6O3/c1-29-18-12-25-20(27-19-9-6-13-4-3-5-16(24)21(13)28-19)11-17(18)30(23(29)32)15-8-7-14(10-15)26-22(31)33-2/h3-6,9,11-12,14-15H,7-8,10H2,1-2H3,(H,26,31)(H,25,27,28)/t14-,15-/m0/s1. The van der Waals surface area contributed by atoms with Crippen LogP contribution < -0.4 is 16.3 Å². The van der Waals surface area contributed by atoms with E-state index >= 15 is 0 Å². The number of rotatable bonds is 4. The maximum Gasteiger partial charge on any atom is 0.407 e. The van der Waals surface area contributed by atoms with E-state index in [4.69, 9.17) is 16.3 Å².